The van der Waals surface area contributed by atoms with Crippen LogP contribution in [-0.4, -0.2) is 21.6 Å². The molecule has 1 amide bonds. The zero-order valence-corrected chi connectivity index (χ0v) is 13.2. The van der Waals surface area contributed by atoms with Crippen molar-refractivity contribution in [1.29, 1.82) is 5.26 Å². The molecule has 0 atom stereocenters. The van der Waals surface area contributed by atoms with Crippen LogP contribution < -0.4 is 10.9 Å². The number of carboxylic acid groups (broad SMARTS) is 1. The molecule has 7 nitrogen and oxygen atoms in total. The van der Waals surface area contributed by atoms with Gasteiger partial charge in [0.15, 0.2) is 0 Å². The van der Waals surface area contributed by atoms with Gasteiger partial charge in [0, 0.05) is 11.4 Å². The van der Waals surface area contributed by atoms with Gasteiger partial charge >= 0.3 is 5.97 Å². The highest BCUT2D eigenvalue weighted by Crippen LogP contribution is 2.10. The number of nitrogens with one attached hydrogen (secondary N) is 1. The Balaban J connectivity index is 2.20. The molecule has 7 heteroatoms. The zero-order chi connectivity index (χ0) is 17.9. The average molecular weight is 325 g/mol. The fourth-order valence-electron chi connectivity index (χ4n) is 2.30. The maximum atomic E-state index is 12.2. The Morgan fingerprint density at radius 2 is 1.88 bits per heavy atom. The summed E-state index contributed by atoms with van der Waals surface area (Å²) in [5.74, 6) is -1.50. The lowest BCUT2D eigenvalue weighted by Crippen LogP contribution is -2.31. The quantitative estimate of drug-likeness (QED) is 0.888. The van der Waals surface area contributed by atoms with Crippen molar-refractivity contribution in [2.24, 2.45) is 0 Å². The van der Waals surface area contributed by atoms with E-state index in [1.807, 2.05) is 6.07 Å². The van der Waals surface area contributed by atoms with Crippen molar-refractivity contribution in [2.45, 2.75) is 20.4 Å². The fourth-order valence-corrected chi connectivity index (χ4v) is 2.30. The Bertz CT molecular complexity index is 905. The van der Waals surface area contributed by atoms with Crippen molar-refractivity contribution in [3.63, 3.8) is 0 Å². The predicted octanol–water partition coefficient (Wildman–Crippen LogP) is 1.67. The number of hydrogen-bond acceptors (Lipinski definition) is 4. The van der Waals surface area contributed by atoms with Crippen LogP contribution in [0.5, 0.6) is 0 Å². The Kier molecular flexibility index (Phi) is 4.80. The van der Waals surface area contributed by atoms with Gasteiger partial charge in [-0.15, -0.1) is 0 Å². The molecule has 2 N–H and O–H groups in total. The van der Waals surface area contributed by atoms with E-state index in [-0.39, 0.29) is 17.7 Å². The number of hydrogen-bond donors (Lipinski definition) is 2. The molecule has 0 fully saturated rings. The molecule has 0 saturated heterocycles. The predicted molar refractivity (Wildman–Crippen MR) is 86.9 cm³/mol. The lowest BCUT2D eigenvalue weighted by atomic mass is 10.1. The summed E-state index contributed by atoms with van der Waals surface area (Å²) in [4.78, 5) is 35.2. The number of amides is 1. The smallest absolute Gasteiger partial charge is 0.335 e. The first-order chi connectivity index (χ1) is 11.3. The van der Waals surface area contributed by atoms with Crippen LogP contribution in [-0.2, 0) is 11.3 Å². The van der Waals surface area contributed by atoms with Crippen LogP contribution in [0.25, 0.3) is 0 Å². The Morgan fingerprint density at radius 1 is 1.25 bits per heavy atom. The van der Waals surface area contributed by atoms with Crippen LogP contribution in [0.15, 0.2) is 35.1 Å². The summed E-state index contributed by atoms with van der Waals surface area (Å²) in [5, 5.41) is 20.5. The first-order valence-corrected chi connectivity index (χ1v) is 7.08. The molecule has 0 saturated carbocycles. The summed E-state index contributed by atoms with van der Waals surface area (Å²) in [5.41, 5.74) is 1.18. The number of aryl methyl sites for hydroxylation is 2. The van der Waals surface area contributed by atoms with Crippen molar-refractivity contribution in [2.75, 3.05) is 5.32 Å². The minimum atomic E-state index is -1.06. The number of nitriles is 1. The molecular formula is C17H15N3O4. The number of anilines is 1. The fraction of sp³-hybridized carbons (Fsp3) is 0.176. The Hall–Kier alpha value is -3.40. The molecule has 0 radical (unpaired) electrons. The highest BCUT2D eigenvalue weighted by Gasteiger charge is 2.13. The molecule has 1 aromatic heterocycles. The lowest BCUT2D eigenvalue weighted by Gasteiger charge is -2.12. The zero-order valence-electron chi connectivity index (χ0n) is 13.2. The number of benzene rings is 1. The second-order valence-electron chi connectivity index (χ2n) is 5.28. The summed E-state index contributed by atoms with van der Waals surface area (Å²) in [7, 11) is 0. The van der Waals surface area contributed by atoms with E-state index in [0.717, 1.165) is 0 Å². The first kappa shape index (κ1) is 17.0. The number of carbonyl (C=O) groups is 2. The van der Waals surface area contributed by atoms with Gasteiger partial charge in [-0.2, -0.15) is 5.26 Å². The van der Waals surface area contributed by atoms with Crippen LogP contribution in [0.3, 0.4) is 0 Å². The molecule has 0 aliphatic rings. The Labute approximate surface area is 137 Å². The topological polar surface area (TPSA) is 112 Å². The number of rotatable bonds is 4. The molecule has 1 heterocycles. The summed E-state index contributed by atoms with van der Waals surface area (Å²) in [6.45, 7) is 3.12. The number of carboxylic acids is 1. The number of pyridine rings is 1. The molecular weight excluding hydrogens is 310 g/mol. The molecule has 2 rings (SSSR count). The molecule has 0 unspecified atom stereocenters. The highest BCUT2D eigenvalue weighted by molar-refractivity contribution is 5.92. The van der Waals surface area contributed by atoms with Crippen LogP contribution in [0.1, 0.15) is 27.2 Å². The molecule has 0 aliphatic carbocycles. The number of carbonyl (C=O) groups excluding carboxylic acids is 1. The van der Waals surface area contributed by atoms with Gasteiger partial charge in [-0.3, -0.25) is 9.59 Å². The largest absolute Gasteiger partial charge is 0.478 e. The summed E-state index contributed by atoms with van der Waals surface area (Å²) < 4.78 is 1.23. The molecule has 0 spiro atoms. The monoisotopic (exact) mass is 325 g/mol. The van der Waals surface area contributed by atoms with Gasteiger partial charge < -0.3 is 15.0 Å². The van der Waals surface area contributed by atoms with Crippen molar-refractivity contribution >= 4 is 17.6 Å². The van der Waals surface area contributed by atoms with Crippen molar-refractivity contribution in [3.8, 4) is 6.07 Å². The second-order valence-corrected chi connectivity index (χ2v) is 5.28. The third-order valence-corrected chi connectivity index (χ3v) is 3.53. The van der Waals surface area contributed by atoms with Crippen LogP contribution in [0.2, 0.25) is 0 Å². The van der Waals surface area contributed by atoms with Crippen molar-refractivity contribution < 1.29 is 14.7 Å². The van der Waals surface area contributed by atoms with E-state index in [0.29, 0.717) is 16.9 Å². The van der Waals surface area contributed by atoms with E-state index in [1.54, 1.807) is 19.9 Å². The number of aromatic nitrogens is 1. The maximum absolute atomic E-state index is 12.2. The van der Waals surface area contributed by atoms with Gasteiger partial charge in [-0.1, -0.05) is 0 Å². The van der Waals surface area contributed by atoms with E-state index in [2.05, 4.69) is 5.32 Å². The van der Waals surface area contributed by atoms with Gasteiger partial charge in [-0.05, 0) is 49.7 Å². The minimum Gasteiger partial charge on any atom is -0.478 e. The van der Waals surface area contributed by atoms with Gasteiger partial charge in [0.2, 0.25) is 5.91 Å². The van der Waals surface area contributed by atoms with Crippen LogP contribution >= 0.6 is 0 Å². The van der Waals surface area contributed by atoms with Gasteiger partial charge in [0.25, 0.3) is 5.56 Å². The van der Waals surface area contributed by atoms with Crippen LogP contribution in [0, 0.1) is 25.2 Å². The van der Waals surface area contributed by atoms with E-state index in [4.69, 9.17) is 10.4 Å². The molecule has 2 aromatic rings. The molecule has 0 aliphatic heterocycles. The van der Waals surface area contributed by atoms with Crippen molar-refractivity contribution in [1.82, 2.24) is 4.57 Å². The first-order valence-electron chi connectivity index (χ1n) is 7.08. The van der Waals surface area contributed by atoms with Gasteiger partial charge in [0.1, 0.15) is 18.2 Å². The molecule has 0 bridgehead atoms. The third kappa shape index (κ3) is 3.50. The summed E-state index contributed by atoms with van der Waals surface area (Å²) >= 11 is 0. The second kappa shape index (κ2) is 6.79. The van der Waals surface area contributed by atoms with Crippen LogP contribution in [0.4, 0.5) is 5.69 Å². The summed E-state index contributed by atoms with van der Waals surface area (Å²) in [6.07, 6.45) is 0. The number of aromatic carboxylic acids is 1. The Morgan fingerprint density at radius 3 is 2.42 bits per heavy atom. The van der Waals surface area contributed by atoms with E-state index in [9.17, 15) is 14.4 Å². The maximum Gasteiger partial charge on any atom is 0.335 e. The van der Waals surface area contributed by atoms with E-state index in [1.165, 1.54) is 28.8 Å². The average Bonchev–Trinajstić information content (AvgIpc) is 2.52. The highest BCUT2D eigenvalue weighted by atomic mass is 16.4. The minimum absolute atomic E-state index is 0.0132. The van der Waals surface area contributed by atoms with E-state index >= 15 is 0 Å². The molecule has 1 aromatic carbocycles. The lowest BCUT2D eigenvalue weighted by molar-refractivity contribution is -0.116. The van der Waals surface area contributed by atoms with E-state index < -0.39 is 17.4 Å². The standard InChI is InChI=1S/C17H15N3O4/c1-10-7-11(2)20(16(22)14(10)8-18)9-15(21)19-13-5-3-12(4-6-13)17(23)24/h3-7H,9H2,1-2H3,(H,19,21)(H,23,24). The van der Waals surface area contributed by atoms with Gasteiger partial charge in [0.05, 0.1) is 5.56 Å². The van der Waals surface area contributed by atoms with Crippen molar-refractivity contribution in [3.05, 3.63) is 63.1 Å². The molecule has 122 valence electrons. The number of nitrogens with zero attached hydrogens (tertiary/aromatic N) is 2. The van der Waals surface area contributed by atoms with Gasteiger partial charge in [-0.25, -0.2) is 4.79 Å². The SMILES string of the molecule is Cc1cc(C)n(CC(=O)Nc2ccc(C(=O)O)cc2)c(=O)c1C#N. The normalized spacial score (nSPS) is 10.0. The summed E-state index contributed by atoms with van der Waals surface area (Å²) in [6, 6.07) is 9.20. The third-order valence-electron chi connectivity index (χ3n) is 3.53. The molecule has 24 heavy (non-hydrogen) atoms.